The largest absolute Gasteiger partial charge is 0.468 e. The van der Waals surface area contributed by atoms with Crippen LogP contribution < -0.4 is 5.32 Å². The molecule has 15 heavy (non-hydrogen) atoms. The van der Waals surface area contributed by atoms with Crippen LogP contribution in [0, 0.1) is 11.8 Å². The van der Waals surface area contributed by atoms with Crippen LogP contribution in [0.4, 0.5) is 0 Å². The van der Waals surface area contributed by atoms with Gasteiger partial charge >= 0.3 is 5.97 Å². The highest BCUT2D eigenvalue weighted by Gasteiger charge is 2.32. The zero-order chi connectivity index (χ0) is 11.4. The summed E-state index contributed by atoms with van der Waals surface area (Å²) in [5, 5.41) is 3.41. The minimum atomic E-state index is -0.127. The molecule has 2 atom stereocenters. The molecule has 1 fully saturated rings. The van der Waals surface area contributed by atoms with Gasteiger partial charge in [0.25, 0.3) is 0 Å². The Bertz CT molecular complexity index is 212. The Balaban J connectivity index is 2.45. The SMILES string of the molecule is CCC(C)C(NC1CC(C)C1)C(=O)OC. The van der Waals surface area contributed by atoms with Gasteiger partial charge in [0.1, 0.15) is 6.04 Å². The van der Waals surface area contributed by atoms with E-state index in [1.807, 2.05) is 0 Å². The lowest BCUT2D eigenvalue weighted by Crippen LogP contribution is -2.51. The van der Waals surface area contributed by atoms with E-state index in [1.54, 1.807) is 0 Å². The van der Waals surface area contributed by atoms with Crippen LogP contribution in [0.5, 0.6) is 0 Å². The molecule has 1 aliphatic rings. The summed E-state index contributed by atoms with van der Waals surface area (Å²) in [4.78, 5) is 11.6. The number of esters is 1. The molecule has 0 aliphatic heterocycles. The van der Waals surface area contributed by atoms with Crippen LogP contribution in [-0.4, -0.2) is 25.2 Å². The van der Waals surface area contributed by atoms with Gasteiger partial charge < -0.3 is 10.1 Å². The van der Waals surface area contributed by atoms with E-state index in [1.165, 1.54) is 20.0 Å². The van der Waals surface area contributed by atoms with Crippen LogP contribution in [0.1, 0.15) is 40.0 Å². The third-order valence-electron chi connectivity index (χ3n) is 3.46. The molecule has 1 saturated carbocycles. The Morgan fingerprint density at radius 1 is 1.53 bits per heavy atom. The topological polar surface area (TPSA) is 38.3 Å². The van der Waals surface area contributed by atoms with E-state index in [-0.39, 0.29) is 12.0 Å². The van der Waals surface area contributed by atoms with Crippen molar-refractivity contribution in [2.45, 2.75) is 52.1 Å². The minimum absolute atomic E-state index is 0.121. The van der Waals surface area contributed by atoms with Crippen molar-refractivity contribution in [1.29, 1.82) is 0 Å². The predicted octanol–water partition coefficient (Wildman–Crippen LogP) is 1.96. The molecule has 0 amide bonds. The van der Waals surface area contributed by atoms with Crippen molar-refractivity contribution in [1.82, 2.24) is 5.32 Å². The Morgan fingerprint density at radius 2 is 2.13 bits per heavy atom. The molecule has 1 N–H and O–H groups in total. The lowest BCUT2D eigenvalue weighted by molar-refractivity contribution is -0.145. The quantitative estimate of drug-likeness (QED) is 0.709. The van der Waals surface area contributed by atoms with Gasteiger partial charge in [0.2, 0.25) is 0 Å². The van der Waals surface area contributed by atoms with Crippen molar-refractivity contribution in [2.24, 2.45) is 11.8 Å². The summed E-state index contributed by atoms with van der Waals surface area (Å²) in [6.07, 6.45) is 3.36. The smallest absolute Gasteiger partial charge is 0.323 e. The van der Waals surface area contributed by atoms with Crippen molar-refractivity contribution >= 4 is 5.97 Å². The number of methoxy groups -OCH3 is 1. The molecular weight excluding hydrogens is 190 g/mol. The lowest BCUT2D eigenvalue weighted by Gasteiger charge is -2.37. The third-order valence-corrected chi connectivity index (χ3v) is 3.46. The standard InChI is InChI=1S/C12H23NO2/c1-5-9(3)11(12(14)15-4)13-10-6-8(2)7-10/h8-11,13H,5-7H2,1-4H3. The van der Waals surface area contributed by atoms with Crippen molar-refractivity contribution in [3.8, 4) is 0 Å². The minimum Gasteiger partial charge on any atom is -0.468 e. The van der Waals surface area contributed by atoms with E-state index in [2.05, 4.69) is 26.1 Å². The molecule has 1 aliphatic carbocycles. The van der Waals surface area contributed by atoms with E-state index < -0.39 is 0 Å². The number of ether oxygens (including phenoxy) is 1. The average Bonchev–Trinajstić information content (AvgIpc) is 2.20. The molecular formula is C12H23NO2. The fourth-order valence-electron chi connectivity index (χ4n) is 2.12. The second-order valence-electron chi connectivity index (χ2n) is 4.83. The highest BCUT2D eigenvalue weighted by atomic mass is 16.5. The number of carbonyl (C=O) groups excluding carboxylic acids is 1. The highest BCUT2D eigenvalue weighted by molar-refractivity contribution is 5.76. The third kappa shape index (κ3) is 3.20. The first-order chi connectivity index (χ1) is 7.08. The van der Waals surface area contributed by atoms with Gasteiger partial charge in [-0.25, -0.2) is 0 Å². The monoisotopic (exact) mass is 213 g/mol. The molecule has 0 heterocycles. The molecule has 3 heteroatoms. The van der Waals surface area contributed by atoms with E-state index in [0.717, 1.165) is 12.3 Å². The molecule has 0 spiro atoms. The normalized spacial score (nSPS) is 29.1. The molecule has 1 rings (SSSR count). The van der Waals surface area contributed by atoms with Gasteiger partial charge in [0.05, 0.1) is 7.11 Å². The van der Waals surface area contributed by atoms with Gasteiger partial charge in [-0.15, -0.1) is 0 Å². The first kappa shape index (κ1) is 12.5. The number of hydrogen-bond acceptors (Lipinski definition) is 3. The van der Waals surface area contributed by atoms with Gasteiger partial charge in [-0.2, -0.15) is 0 Å². The molecule has 2 unspecified atom stereocenters. The summed E-state index contributed by atoms with van der Waals surface area (Å²) in [5.41, 5.74) is 0. The Hall–Kier alpha value is -0.570. The van der Waals surface area contributed by atoms with Crippen LogP contribution in [0.3, 0.4) is 0 Å². The summed E-state index contributed by atoms with van der Waals surface area (Å²) < 4.78 is 4.83. The van der Waals surface area contributed by atoms with Crippen molar-refractivity contribution in [2.75, 3.05) is 7.11 Å². The zero-order valence-electron chi connectivity index (χ0n) is 10.2. The van der Waals surface area contributed by atoms with E-state index >= 15 is 0 Å². The first-order valence-corrected chi connectivity index (χ1v) is 5.92. The second kappa shape index (κ2) is 5.50. The fraction of sp³-hybridized carbons (Fsp3) is 0.917. The Labute approximate surface area is 92.6 Å². The molecule has 0 aromatic carbocycles. The molecule has 88 valence electrons. The summed E-state index contributed by atoms with van der Waals surface area (Å²) in [5.74, 6) is 1.02. The molecule has 0 saturated heterocycles. The van der Waals surface area contributed by atoms with E-state index in [9.17, 15) is 4.79 Å². The maximum atomic E-state index is 11.6. The van der Waals surface area contributed by atoms with Crippen LogP contribution >= 0.6 is 0 Å². The summed E-state index contributed by atoms with van der Waals surface area (Å²) in [7, 11) is 1.46. The van der Waals surface area contributed by atoms with Gasteiger partial charge in [-0.05, 0) is 24.7 Å². The van der Waals surface area contributed by atoms with Gasteiger partial charge in [0, 0.05) is 6.04 Å². The molecule has 0 aromatic heterocycles. The zero-order valence-corrected chi connectivity index (χ0v) is 10.2. The second-order valence-corrected chi connectivity index (χ2v) is 4.83. The fourth-order valence-corrected chi connectivity index (χ4v) is 2.12. The first-order valence-electron chi connectivity index (χ1n) is 5.92. The molecule has 0 aromatic rings. The number of hydrogen-bond donors (Lipinski definition) is 1. The Morgan fingerprint density at radius 3 is 2.53 bits per heavy atom. The maximum Gasteiger partial charge on any atom is 0.323 e. The van der Waals surface area contributed by atoms with Crippen molar-refractivity contribution in [3.63, 3.8) is 0 Å². The molecule has 0 radical (unpaired) electrons. The number of rotatable bonds is 5. The average molecular weight is 213 g/mol. The molecule has 0 bridgehead atoms. The molecule has 3 nitrogen and oxygen atoms in total. The lowest BCUT2D eigenvalue weighted by atomic mass is 9.81. The highest BCUT2D eigenvalue weighted by Crippen LogP contribution is 2.27. The number of nitrogens with one attached hydrogen (secondary N) is 1. The summed E-state index contributed by atoms with van der Waals surface area (Å²) in [6.45, 7) is 6.44. The van der Waals surface area contributed by atoms with Crippen molar-refractivity contribution in [3.05, 3.63) is 0 Å². The van der Waals surface area contributed by atoms with E-state index in [4.69, 9.17) is 4.74 Å². The predicted molar refractivity (Wildman–Crippen MR) is 60.6 cm³/mol. The summed E-state index contributed by atoms with van der Waals surface area (Å²) >= 11 is 0. The van der Waals surface area contributed by atoms with Gasteiger partial charge in [-0.3, -0.25) is 4.79 Å². The van der Waals surface area contributed by atoms with Crippen molar-refractivity contribution < 1.29 is 9.53 Å². The van der Waals surface area contributed by atoms with Crippen LogP contribution in [0.15, 0.2) is 0 Å². The summed E-state index contributed by atoms with van der Waals surface area (Å²) in [6, 6.07) is 0.385. The van der Waals surface area contributed by atoms with Crippen LogP contribution in [0.2, 0.25) is 0 Å². The Kier molecular flexibility index (Phi) is 4.58. The maximum absolute atomic E-state index is 11.6. The van der Waals surface area contributed by atoms with Gasteiger partial charge in [0.15, 0.2) is 0 Å². The number of carbonyl (C=O) groups is 1. The van der Waals surface area contributed by atoms with Crippen LogP contribution in [0.25, 0.3) is 0 Å². The van der Waals surface area contributed by atoms with E-state index in [0.29, 0.717) is 12.0 Å². The van der Waals surface area contributed by atoms with Crippen LogP contribution in [-0.2, 0) is 9.53 Å². The van der Waals surface area contributed by atoms with Gasteiger partial charge in [-0.1, -0.05) is 27.2 Å².